The van der Waals surface area contributed by atoms with E-state index in [1.165, 1.54) is 6.07 Å². The van der Waals surface area contributed by atoms with Crippen LogP contribution in [-0.2, 0) is 11.2 Å². The van der Waals surface area contributed by atoms with Crippen molar-refractivity contribution < 1.29 is 9.13 Å². The van der Waals surface area contributed by atoms with Crippen molar-refractivity contribution in [3.05, 3.63) is 35.1 Å². The van der Waals surface area contributed by atoms with E-state index in [1.54, 1.807) is 6.07 Å². The molecule has 0 spiro atoms. The molecule has 0 heterocycles. The molecule has 0 amide bonds. The molecule has 0 saturated carbocycles. The van der Waals surface area contributed by atoms with Gasteiger partial charge in [0.1, 0.15) is 5.82 Å². The van der Waals surface area contributed by atoms with Crippen LogP contribution in [0.25, 0.3) is 0 Å². The van der Waals surface area contributed by atoms with Gasteiger partial charge in [-0.05, 0) is 49.9 Å². The van der Waals surface area contributed by atoms with Crippen molar-refractivity contribution in [1.82, 2.24) is 0 Å². The summed E-state index contributed by atoms with van der Waals surface area (Å²) in [5.74, 6) is -0.198. The summed E-state index contributed by atoms with van der Waals surface area (Å²) in [5.41, 5.74) is 8.18. The molecule has 0 fully saturated rings. The van der Waals surface area contributed by atoms with Crippen molar-refractivity contribution in [3.63, 3.8) is 0 Å². The fourth-order valence-electron chi connectivity index (χ4n) is 2.03. The molecule has 2 nitrogen and oxygen atoms in total. The van der Waals surface area contributed by atoms with Crippen LogP contribution in [0.1, 0.15) is 31.4 Å². The van der Waals surface area contributed by atoms with E-state index in [1.807, 2.05) is 19.9 Å². The predicted octanol–water partition coefficient (Wildman–Crippen LogP) is 2.82. The minimum Gasteiger partial charge on any atom is -0.377 e. The van der Waals surface area contributed by atoms with Gasteiger partial charge in [-0.25, -0.2) is 4.39 Å². The summed E-state index contributed by atoms with van der Waals surface area (Å²) in [6, 6.07) is 4.80. The summed E-state index contributed by atoms with van der Waals surface area (Å²) < 4.78 is 18.6. The number of benzene rings is 1. The first kappa shape index (κ1) is 14.1. The zero-order chi connectivity index (χ0) is 12.8. The van der Waals surface area contributed by atoms with Crippen molar-refractivity contribution in [3.8, 4) is 0 Å². The van der Waals surface area contributed by atoms with Crippen LogP contribution in [-0.4, -0.2) is 18.8 Å². The normalized spacial score (nSPS) is 14.6. The topological polar surface area (TPSA) is 35.2 Å². The number of aryl methyl sites for hydroxylation is 1. The maximum Gasteiger partial charge on any atom is 0.123 e. The van der Waals surface area contributed by atoms with E-state index in [2.05, 4.69) is 6.92 Å². The van der Waals surface area contributed by atoms with Gasteiger partial charge >= 0.3 is 0 Å². The summed E-state index contributed by atoms with van der Waals surface area (Å²) in [5, 5.41) is 0. The first-order valence-corrected chi connectivity index (χ1v) is 6.20. The van der Waals surface area contributed by atoms with E-state index < -0.39 is 0 Å². The van der Waals surface area contributed by atoms with Crippen LogP contribution in [0.3, 0.4) is 0 Å². The highest BCUT2D eigenvalue weighted by molar-refractivity contribution is 5.27. The van der Waals surface area contributed by atoms with Crippen molar-refractivity contribution in [2.45, 2.75) is 45.8 Å². The van der Waals surface area contributed by atoms with Gasteiger partial charge in [-0.1, -0.05) is 13.0 Å². The summed E-state index contributed by atoms with van der Waals surface area (Å²) in [4.78, 5) is 0. The molecule has 2 atom stereocenters. The van der Waals surface area contributed by atoms with Gasteiger partial charge in [0.15, 0.2) is 0 Å². The van der Waals surface area contributed by atoms with Gasteiger partial charge in [-0.2, -0.15) is 0 Å². The minimum atomic E-state index is -0.198. The first-order valence-electron chi connectivity index (χ1n) is 6.20. The van der Waals surface area contributed by atoms with Crippen LogP contribution in [0.5, 0.6) is 0 Å². The van der Waals surface area contributed by atoms with Crippen LogP contribution in [0.15, 0.2) is 18.2 Å². The number of hydrogen-bond acceptors (Lipinski definition) is 2. The fraction of sp³-hybridized carbons (Fsp3) is 0.571. The molecule has 0 aliphatic rings. The Labute approximate surface area is 103 Å². The Bertz CT molecular complexity index is 354. The smallest absolute Gasteiger partial charge is 0.123 e. The molecule has 17 heavy (non-hydrogen) atoms. The lowest BCUT2D eigenvalue weighted by molar-refractivity contribution is 0.0417. The largest absolute Gasteiger partial charge is 0.377 e. The van der Waals surface area contributed by atoms with Crippen molar-refractivity contribution >= 4 is 0 Å². The molecule has 2 unspecified atom stereocenters. The van der Waals surface area contributed by atoms with Crippen LogP contribution < -0.4 is 5.73 Å². The Kier molecular flexibility index (Phi) is 5.59. The highest BCUT2D eigenvalue weighted by atomic mass is 19.1. The molecular formula is C14H22FNO. The van der Waals surface area contributed by atoms with Gasteiger partial charge in [0, 0.05) is 12.6 Å². The number of hydrogen-bond donors (Lipinski definition) is 1. The lowest BCUT2D eigenvalue weighted by Gasteiger charge is -2.23. The van der Waals surface area contributed by atoms with E-state index in [-0.39, 0.29) is 18.0 Å². The average molecular weight is 239 g/mol. The molecule has 2 N–H and O–H groups in total. The third kappa shape index (κ3) is 4.10. The molecular weight excluding hydrogens is 217 g/mol. The second-order valence-electron chi connectivity index (χ2n) is 4.34. The quantitative estimate of drug-likeness (QED) is 0.828. The molecule has 1 rings (SSSR count). The summed E-state index contributed by atoms with van der Waals surface area (Å²) in [6.45, 7) is 6.62. The summed E-state index contributed by atoms with van der Waals surface area (Å²) >= 11 is 0. The number of rotatable bonds is 6. The number of nitrogens with two attached hydrogens (primary N) is 1. The molecule has 0 aliphatic heterocycles. The monoisotopic (exact) mass is 239 g/mol. The maximum atomic E-state index is 13.0. The Morgan fingerprint density at radius 3 is 2.59 bits per heavy atom. The Balaban J connectivity index is 2.69. The Hall–Kier alpha value is -0.930. The SMILES string of the molecule is CCOC(CC)C(N)Cc1ccc(F)cc1C. The molecule has 0 radical (unpaired) electrons. The van der Waals surface area contributed by atoms with Crippen molar-refractivity contribution in [2.75, 3.05) is 6.61 Å². The van der Waals surface area contributed by atoms with Crippen LogP contribution in [0, 0.1) is 12.7 Å². The summed E-state index contributed by atoms with van der Waals surface area (Å²) in [6.07, 6.45) is 1.70. The van der Waals surface area contributed by atoms with Crippen LogP contribution in [0.2, 0.25) is 0 Å². The zero-order valence-electron chi connectivity index (χ0n) is 10.9. The third-order valence-electron chi connectivity index (χ3n) is 3.02. The molecule has 0 bridgehead atoms. The average Bonchev–Trinajstić information content (AvgIpc) is 2.29. The predicted molar refractivity (Wildman–Crippen MR) is 68.5 cm³/mol. The minimum absolute atomic E-state index is 0.0379. The van der Waals surface area contributed by atoms with Gasteiger partial charge in [-0.15, -0.1) is 0 Å². The second-order valence-corrected chi connectivity index (χ2v) is 4.34. The van der Waals surface area contributed by atoms with E-state index >= 15 is 0 Å². The van der Waals surface area contributed by atoms with E-state index in [0.29, 0.717) is 6.61 Å². The number of ether oxygens (including phenoxy) is 1. The molecule has 0 aromatic heterocycles. The molecule has 1 aromatic rings. The lowest BCUT2D eigenvalue weighted by Crippen LogP contribution is -2.38. The lowest BCUT2D eigenvalue weighted by atomic mass is 9.97. The number of halogens is 1. The molecule has 1 aromatic carbocycles. The fourth-order valence-corrected chi connectivity index (χ4v) is 2.03. The van der Waals surface area contributed by atoms with Crippen molar-refractivity contribution in [2.24, 2.45) is 5.73 Å². The van der Waals surface area contributed by atoms with Crippen molar-refractivity contribution in [1.29, 1.82) is 0 Å². The van der Waals surface area contributed by atoms with Crippen LogP contribution in [0.4, 0.5) is 4.39 Å². The van der Waals surface area contributed by atoms with Gasteiger partial charge in [0.25, 0.3) is 0 Å². The molecule has 0 saturated heterocycles. The first-order chi connectivity index (χ1) is 8.08. The van der Waals surface area contributed by atoms with E-state index in [9.17, 15) is 4.39 Å². The standard InChI is InChI=1S/C14H22FNO/c1-4-14(17-5-2)13(16)9-11-6-7-12(15)8-10(11)3/h6-8,13-14H,4-5,9,16H2,1-3H3. The van der Waals surface area contributed by atoms with Crippen LogP contribution >= 0.6 is 0 Å². The Morgan fingerprint density at radius 1 is 1.35 bits per heavy atom. The van der Waals surface area contributed by atoms with E-state index in [4.69, 9.17) is 10.5 Å². The molecule has 3 heteroatoms. The molecule has 0 aliphatic carbocycles. The van der Waals surface area contributed by atoms with Gasteiger partial charge in [0.05, 0.1) is 6.10 Å². The van der Waals surface area contributed by atoms with Gasteiger partial charge in [0.2, 0.25) is 0 Å². The zero-order valence-corrected chi connectivity index (χ0v) is 10.9. The van der Waals surface area contributed by atoms with Gasteiger partial charge in [-0.3, -0.25) is 0 Å². The summed E-state index contributed by atoms with van der Waals surface area (Å²) in [7, 11) is 0. The highest BCUT2D eigenvalue weighted by Gasteiger charge is 2.17. The Morgan fingerprint density at radius 2 is 2.06 bits per heavy atom. The molecule has 96 valence electrons. The van der Waals surface area contributed by atoms with E-state index in [0.717, 1.165) is 24.0 Å². The maximum absolute atomic E-state index is 13.0. The highest BCUT2D eigenvalue weighted by Crippen LogP contribution is 2.14. The second kappa shape index (κ2) is 6.72. The third-order valence-corrected chi connectivity index (χ3v) is 3.02. The van der Waals surface area contributed by atoms with Gasteiger partial charge < -0.3 is 10.5 Å².